The van der Waals surface area contributed by atoms with Gasteiger partial charge < -0.3 is 38.8 Å². The normalized spacial score (nSPS) is 36.2. The molecule has 3 aliphatic heterocycles. The Labute approximate surface area is 261 Å². The van der Waals surface area contributed by atoms with E-state index in [1.807, 2.05) is 0 Å². The summed E-state index contributed by atoms with van der Waals surface area (Å²) in [4.78, 5) is 66.3. The predicted molar refractivity (Wildman–Crippen MR) is 146 cm³/mol. The maximum Gasteiger partial charge on any atom is 0.471 e. The summed E-state index contributed by atoms with van der Waals surface area (Å²) in [7, 11) is -17.5. The Balaban J connectivity index is 1.55. The van der Waals surface area contributed by atoms with Crippen LogP contribution in [0.5, 0.6) is 0 Å². The van der Waals surface area contributed by atoms with Crippen molar-refractivity contribution in [1.82, 2.24) is 0 Å². The van der Waals surface area contributed by atoms with Gasteiger partial charge in [-0.05, 0) is 0 Å². The zero-order valence-electron chi connectivity index (χ0n) is 24.9. The molecule has 26 heteroatoms. The van der Waals surface area contributed by atoms with Crippen LogP contribution in [-0.4, -0.2) is 122 Å². The minimum absolute atomic E-state index is 0.103. The molecule has 0 aromatic rings. The van der Waals surface area contributed by atoms with Gasteiger partial charge in [0.2, 0.25) is 7.94 Å². The molecule has 3 fully saturated rings. The van der Waals surface area contributed by atoms with Gasteiger partial charge in [-0.3, -0.25) is 13.6 Å². The summed E-state index contributed by atoms with van der Waals surface area (Å²) < 4.78 is 90.2. The maximum absolute atomic E-state index is 13.2. The fourth-order valence-corrected chi connectivity index (χ4v) is 9.03. The third-order valence-electron chi connectivity index (χ3n) is 6.59. The number of methoxy groups -OCH3 is 2. The van der Waals surface area contributed by atoms with E-state index in [-0.39, 0.29) is 52.9 Å². The topological polar surface area (TPSA) is 284 Å². The Morgan fingerprint density at radius 1 is 0.711 bits per heavy atom. The van der Waals surface area contributed by atoms with Crippen molar-refractivity contribution in [3.8, 4) is 0 Å². The maximum atomic E-state index is 13.2. The molecule has 0 aromatic heterocycles. The van der Waals surface area contributed by atoms with Crippen LogP contribution in [0, 0.1) is 16.2 Å². The molecule has 3 N–H and O–H groups in total. The Morgan fingerprint density at radius 3 is 1.64 bits per heavy atom. The van der Waals surface area contributed by atoms with Gasteiger partial charge in [0, 0.05) is 21.3 Å². The van der Waals surface area contributed by atoms with Crippen LogP contribution in [-0.2, 0) is 68.4 Å². The van der Waals surface area contributed by atoms with Crippen molar-refractivity contribution < 1.29 is 97.7 Å². The van der Waals surface area contributed by atoms with Gasteiger partial charge in [0.15, 0.2) is 0 Å². The lowest BCUT2D eigenvalue weighted by Crippen LogP contribution is -2.51. The van der Waals surface area contributed by atoms with Crippen molar-refractivity contribution in [2.75, 3.05) is 107 Å². The molecular weight excluding hydrogens is 719 g/mol. The largest absolute Gasteiger partial charge is 0.632 e. The molecule has 45 heavy (non-hydrogen) atoms. The smallest absolute Gasteiger partial charge is 0.471 e. The highest BCUT2D eigenvalue weighted by Gasteiger charge is 2.57. The van der Waals surface area contributed by atoms with Crippen LogP contribution < -0.4 is 14.7 Å². The van der Waals surface area contributed by atoms with Gasteiger partial charge in [0.25, 0.3) is 0 Å². The SMILES string of the molecule is COCC(COC)(COP(=O)(O)OC)CO[P+]1([O-])OCC2(CO1)CO[P+]([O-])(OCC1(COP(=O)(O)O)CO[P+](C)([O-])OC1)OC2. The molecular formula is C19H39O21P5. The fraction of sp³-hybridized carbons (Fsp3) is 1.00. The lowest BCUT2D eigenvalue weighted by atomic mass is 9.92. The van der Waals surface area contributed by atoms with Crippen LogP contribution in [0.25, 0.3) is 0 Å². The molecule has 3 rings (SSSR count). The van der Waals surface area contributed by atoms with Gasteiger partial charge in [-0.15, -0.1) is 0 Å². The number of rotatable bonds is 17. The first-order chi connectivity index (χ1) is 20.8. The Kier molecular flexibility index (Phi) is 14.3. The molecule has 0 aromatic carbocycles. The van der Waals surface area contributed by atoms with Crippen molar-refractivity contribution in [1.29, 1.82) is 0 Å². The summed E-state index contributed by atoms with van der Waals surface area (Å²) >= 11 is 0. The second-order valence-electron chi connectivity index (χ2n) is 10.9. The standard InChI is InChI=1S/C19H39O21P5/c1-28-5-17(6-29-2,10-34-43(24,25)30-3)11-35-44(26)37-13-19(14-38-44)15-39-45(27,40-16-19)36-12-18(9-33-42(21,22)23)7-31-41(4,20)32-8-18/h5-16H2,1-4H3,(H,24,25)(H2,21,22,23). The number of ether oxygens (including phenoxy) is 2. The van der Waals surface area contributed by atoms with Crippen molar-refractivity contribution >= 4 is 39.9 Å². The lowest BCUT2D eigenvalue weighted by molar-refractivity contribution is -0.288. The second-order valence-corrected chi connectivity index (χ2v) is 19.1. The first-order valence-electron chi connectivity index (χ1n) is 12.9. The zero-order valence-corrected chi connectivity index (χ0v) is 29.4. The van der Waals surface area contributed by atoms with Crippen LogP contribution in [0.4, 0.5) is 0 Å². The summed E-state index contributed by atoms with van der Waals surface area (Å²) in [5, 5.41) is 0. The molecule has 1 spiro atoms. The Hall–Kier alpha value is 0.990. The first kappa shape index (κ1) is 40.4. The summed E-state index contributed by atoms with van der Waals surface area (Å²) in [5.41, 5.74) is -3.73. The average Bonchev–Trinajstić information content (AvgIpc) is 2.98. The third-order valence-corrected chi connectivity index (χ3v) is 11.8. The minimum Gasteiger partial charge on any atom is -0.632 e. The fourth-order valence-electron chi connectivity index (χ4n) is 3.92. The Morgan fingerprint density at radius 2 is 1.20 bits per heavy atom. The van der Waals surface area contributed by atoms with E-state index < -0.39 is 82.6 Å². The van der Waals surface area contributed by atoms with E-state index in [1.165, 1.54) is 20.9 Å². The molecule has 1 unspecified atom stereocenters. The van der Waals surface area contributed by atoms with Gasteiger partial charge in [0.1, 0.15) is 52.9 Å². The minimum atomic E-state index is -4.92. The van der Waals surface area contributed by atoms with Crippen LogP contribution >= 0.6 is 39.9 Å². The van der Waals surface area contributed by atoms with E-state index in [4.69, 9.17) is 60.0 Å². The van der Waals surface area contributed by atoms with Crippen LogP contribution in [0.2, 0.25) is 0 Å². The highest BCUT2D eigenvalue weighted by Crippen LogP contribution is 2.64. The van der Waals surface area contributed by atoms with Gasteiger partial charge in [-0.1, -0.05) is 0 Å². The first-order valence-corrected chi connectivity index (χ1v) is 20.8. The number of hydrogen-bond donors (Lipinski definition) is 3. The molecule has 1 atom stereocenters. The van der Waals surface area contributed by atoms with Crippen LogP contribution in [0.1, 0.15) is 0 Å². The van der Waals surface area contributed by atoms with Crippen LogP contribution in [0.3, 0.4) is 0 Å². The molecule has 0 saturated carbocycles. The highest BCUT2D eigenvalue weighted by atomic mass is 31.2. The van der Waals surface area contributed by atoms with Crippen molar-refractivity contribution in [2.45, 2.75) is 0 Å². The number of hydrogen-bond acceptors (Lipinski definition) is 18. The average molecular weight is 758 g/mol. The summed E-state index contributed by atoms with van der Waals surface area (Å²) in [5.74, 6) is 0. The predicted octanol–water partition coefficient (Wildman–Crippen LogP) is -0.887. The summed E-state index contributed by atoms with van der Waals surface area (Å²) in [6.07, 6.45) is 0. The molecule has 0 aliphatic carbocycles. The quantitative estimate of drug-likeness (QED) is 0.152. The molecule has 3 saturated heterocycles. The molecule has 266 valence electrons. The Bertz CT molecular complexity index is 1020. The van der Waals surface area contributed by atoms with Crippen LogP contribution in [0.15, 0.2) is 0 Å². The second kappa shape index (κ2) is 15.9. The van der Waals surface area contributed by atoms with E-state index in [1.54, 1.807) is 0 Å². The van der Waals surface area contributed by atoms with Gasteiger partial charge in [-0.2, -0.15) is 27.1 Å². The molecule has 0 radical (unpaired) electrons. The molecule has 3 heterocycles. The monoisotopic (exact) mass is 758 g/mol. The van der Waals surface area contributed by atoms with E-state index in [0.29, 0.717) is 0 Å². The summed E-state index contributed by atoms with van der Waals surface area (Å²) in [6.45, 7) is -2.97. The zero-order chi connectivity index (χ0) is 33.7. The molecule has 3 aliphatic rings. The number of phosphoric ester groups is 4. The van der Waals surface area contributed by atoms with Gasteiger partial charge in [-0.25, -0.2) is 18.2 Å². The van der Waals surface area contributed by atoms with E-state index >= 15 is 0 Å². The van der Waals surface area contributed by atoms with Gasteiger partial charge >= 0.3 is 32.0 Å². The van der Waals surface area contributed by atoms with Crippen molar-refractivity contribution in [3.63, 3.8) is 0 Å². The van der Waals surface area contributed by atoms with Gasteiger partial charge in [0.05, 0.1) is 49.3 Å². The lowest BCUT2D eigenvalue weighted by Gasteiger charge is -2.44. The molecule has 21 nitrogen and oxygen atoms in total. The van der Waals surface area contributed by atoms with Crippen molar-refractivity contribution in [3.05, 3.63) is 0 Å². The molecule has 0 amide bonds. The highest BCUT2D eigenvalue weighted by molar-refractivity contribution is 7.58. The van der Waals surface area contributed by atoms with E-state index in [0.717, 1.165) is 7.11 Å². The summed E-state index contributed by atoms with van der Waals surface area (Å²) in [6, 6.07) is 0. The van der Waals surface area contributed by atoms with E-state index in [9.17, 15) is 28.7 Å². The van der Waals surface area contributed by atoms with Crippen molar-refractivity contribution in [2.24, 2.45) is 16.2 Å². The molecule has 0 bridgehead atoms. The number of phosphoric acid groups is 4. The van der Waals surface area contributed by atoms with E-state index in [2.05, 4.69) is 9.05 Å². The third kappa shape index (κ3) is 12.4.